The number of carbonyl (C=O) groups excluding carboxylic acids is 3. The first-order valence-electron chi connectivity index (χ1n) is 6.71. The van der Waals surface area contributed by atoms with E-state index in [0.717, 1.165) is 4.90 Å². The summed E-state index contributed by atoms with van der Waals surface area (Å²) in [6, 6.07) is 1.80. The van der Waals surface area contributed by atoms with E-state index in [-0.39, 0.29) is 27.0 Å². The molecule has 0 aromatic heterocycles. The number of amides is 2. The molecular weight excluding hydrogens is 358 g/mol. The predicted molar refractivity (Wildman–Crippen MR) is 89.0 cm³/mol. The van der Waals surface area contributed by atoms with E-state index >= 15 is 0 Å². The van der Waals surface area contributed by atoms with Gasteiger partial charge in [0.05, 0.1) is 19.1 Å². The Bertz CT molecular complexity index is 748. The highest BCUT2D eigenvalue weighted by atomic mass is 35.5. The summed E-state index contributed by atoms with van der Waals surface area (Å²) in [7, 11) is 2.53. The second-order valence-electron chi connectivity index (χ2n) is 4.80. The van der Waals surface area contributed by atoms with Gasteiger partial charge in [0, 0.05) is 16.7 Å². The summed E-state index contributed by atoms with van der Waals surface area (Å²) >= 11 is 6.60. The number of imide groups is 1. The van der Waals surface area contributed by atoms with Crippen LogP contribution in [0.4, 0.5) is 4.79 Å². The first kappa shape index (κ1) is 18.2. The zero-order valence-corrected chi connectivity index (χ0v) is 14.6. The summed E-state index contributed by atoms with van der Waals surface area (Å²) in [4.78, 5) is 36.8. The number of esters is 1. The molecule has 1 saturated heterocycles. The Morgan fingerprint density at radius 3 is 2.62 bits per heavy atom. The molecule has 1 aliphatic heterocycles. The fourth-order valence-electron chi connectivity index (χ4n) is 2.09. The van der Waals surface area contributed by atoms with Gasteiger partial charge < -0.3 is 14.6 Å². The Morgan fingerprint density at radius 2 is 2.04 bits per heavy atom. The van der Waals surface area contributed by atoms with Gasteiger partial charge in [0.2, 0.25) is 0 Å². The van der Waals surface area contributed by atoms with E-state index < -0.39 is 23.2 Å². The van der Waals surface area contributed by atoms with E-state index in [2.05, 4.69) is 4.74 Å². The second-order valence-corrected chi connectivity index (χ2v) is 6.23. The Hall–Kier alpha value is -2.19. The number of hydrogen-bond acceptors (Lipinski definition) is 7. The molecule has 0 bridgehead atoms. The molecule has 1 N–H and O–H groups in total. The van der Waals surface area contributed by atoms with Crippen molar-refractivity contribution in [1.82, 2.24) is 4.90 Å². The summed E-state index contributed by atoms with van der Waals surface area (Å²) in [5.74, 6) is -1.43. The fraction of sp³-hybridized carbons (Fsp3) is 0.267. The van der Waals surface area contributed by atoms with Gasteiger partial charge in [-0.2, -0.15) is 0 Å². The summed E-state index contributed by atoms with van der Waals surface area (Å²) < 4.78 is 9.54. The van der Waals surface area contributed by atoms with E-state index in [1.807, 2.05) is 0 Å². The first-order valence-corrected chi connectivity index (χ1v) is 7.91. The average Bonchev–Trinajstić information content (AvgIpc) is 2.82. The SMILES string of the molecule is COC(=O)[C@@H](C)N1C(=O)S/C(=C/c2cc(Cl)cc(OC)c2O)C1=O. The number of nitrogens with zero attached hydrogens (tertiary/aromatic N) is 1. The normalized spacial score (nSPS) is 17.3. The molecule has 24 heavy (non-hydrogen) atoms. The highest BCUT2D eigenvalue weighted by Crippen LogP contribution is 2.39. The maximum atomic E-state index is 12.4. The maximum Gasteiger partial charge on any atom is 0.328 e. The van der Waals surface area contributed by atoms with Crippen LogP contribution in [0.25, 0.3) is 6.08 Å². The van der Waals surface area contributed by atoms with E-state index in [0.29, 0.717) is 11.8 Å². The van der Waals surface area contributed by atoms with E-state index in [1.165, 1.54) is 39.4 Å². The van der Waals surface area contributed by atoms with Gasteiger partial charge in [-0.05, 0) is 30.8 Å². The number of aromatic hydroxyl groups is 1. The fourth-order valence-corrected chi connectivity index (χ4v) is 3.21. The van der Waals surface area contributed by atoms with Crippen LogP contribution in [0.2, 0.25) is 5.02 Å². The topological polar surface area (TPSA) is 93.1 Å². The molecular formula is C15H14ClNO6S. The van der Waals surface area contributed by atoms with Crippen LogP contribution in [0.3, 0.4) is 0 Å². The van der Waals surface area contributed by atoms with Crippen molar-refractivity contribution in [1.29, 1.82) is 0 Å². The average molecular weight is 372 g/mol. The quantitative estimate of drug-likeness (QED) is 0.642. The van der Waals surface area contributed by atoms with Crippen molar-refractivity contribution in [3.63, 3.8) is 0 Å². The van der Waals surface area contributed by atoms with Crippen LogP contribution < -0.4 is 4.74 Å². The minimum atomic E-state index is -1.05. The molecule has 0 unspecified atom stereocenters. The summed E-state index contributed by atoms with van der Waals surface area (Å²) in [6.07, 6.45) is 1.32. The Labute approximate surface area is 147 Å². The molecule has 2 amide bonds. The van der Waals surface area contributed by atoms with Gasteiger partial charge in [-0.3, -0.25) is 14.5 Å². The minimum absolute atomic E-state index is 0.0513. The van der Waals surface area contributed by atoms with Gasteiger partial charge >= 0.3 is 5.97 Å². The largest absolute Gasteiger partial charge is 0.504 e. The number of phenols is 1. The van der Waals surface area contributed by atoms with Gasteiger partial charge in [-0.15, -0.1) is 0 Å². The van der Waals surface area contributed by atoms with Crippen molar-refractivity contribution in [2.24, 2.45) is 0 Å². The zero-order chi connectivity index (χ0) is 18.0. The molecule has 1 heterocycles. The molecule has 1 aromatic carbocycles. The third kappa shape index (κ3) is 3.34. The summed E-state index contributed by atoms with van der Waals surface area (Å²) in [5, 5.41) is 9.80. The van der Waals surface area contributed by atoms with Crippen molar-refractivity contribution in [2.75, 3.05) is 14.2 Å². The second kappa shape index (κ2) is 7.14. The predicted octanol–water partition coefficient (Wildman–Crippen LogP) is 2.65. The van der Waals surface area contributed by atoms with Gasteiger partial charge in [0.1, 0.15) is 6.04 Å². The van der Waals surface area contributed by atoms with Crippen molar-refractivity contribution in [2.45, 2.75) is 13.0 Å². The summed E-state index contributed by atoms with van der Waals surface area (Å²) in [6.45, 7) is 1.39. The number of rotatable bonds is 4. The van der Waals surface area contributed by atoms with E-state index in [9.17, 15) is 19.5 Å². The lowest BCUT2D eigenvalue weighted by atomic mass is 10.1. The van der Waals surface area contributed by atoms with Crippen molar-refractivity contribution >= 4 is 46.6 Å². The lowest BCUT2D eigenvalue weighted by molar-refractivity contribution is -0.148. The Morgan fingerprint density at radius 1 is 1.38 bits per heavy atom. The summed E-state index contributed by atoms with van der Waals surface area (Å²) in [5.41, 5.74) is 0.218. The van der Waals surface area contributed by atoms with E-state index in [4.69, 9.17) is 16.3 Å². The van der Waals surface area contributed by atoms with Gasteiger partial charge in [0.25, 0.3) is 11.1 Å². The van der Waals surface area contributed by atoms with Crippen molar-refractivity contribution in [3.05, 3.63) is 27.6 Å². The molecule has 0 spiro atoms. The monoisotopic (exact) mass is 371 g/mol. The Balaban J connectivity index is 2.39. The Kier molecular flexibility index (Phi) is 5.40. The number of halogens is 1. The van der Waals surface area contributed by atoms with Crippen LogP contribution >= 0.6 is 23.4 Å². The van der Waals surface area contributed by atoms with Crippen molar-refractivity contribution < 1.29 is 29.0 Å². The van der Waals surface area contributed by atoms with Gasteiger partial charge in [0.15, 0.2) is 11.5 Å². The highest BCUT2D eigenvalue weighted by molar-refractivity contribution is 8.18. The standard InChI is InChI=1S/C15H14ClNO6S/c1-7(14(20)23-3)17-13(19)11(24-15(17)21)5-8-4-9(16)6-10(22-2)12(8)18/h4-7,18H,1-3H3/b11-5+/t7-/m1/s1. The molecule has 2 rings (SSSR count). The maximum absolute atomic E-state index is 12.4. The third-order valence-corrected chi connectivity index (χ3v) is 4.43. The number of ether oxygens (including phenoxy) is 2. The number of hydrogen-bond donors (Lipinski definition) is 1. The van der Waals surface area contributed by atoms with Gasteiger partial charge in [-0.25, -0.2) is 4.79 Å². The minimum Gasteiger partial charge on any atom is -0.504 e. The van der Waals surface area contributed by atoms with E-state index in [1.54, 1.807) is 0 Å². The molecule has 1 aromatic rings. The van der Waals surface area contributed by atoms with Crippen molar-refractivity contribution in [3.8, 4) is 11.5 Å². The number of carbonyl (C=O) groups is 3. The number of methoxy groups -OCH3 is 2. The lowest BCUT2D eigenvalue weighted by Gasteiger charge is -2.18. The molecule has 0 saturated carbocycles. The highest BCUT2D eigenvalue weighted by Gasteiger charge is 2.41. The molecule has 1 atom stereocenters. The lowest BCUT2D eigenvalue weighted by Crippen LogP contribution is -2.42. The zero-order valence-electron chi connectivity index (χ0n) is 13.0. The van der Waals surface area contributed by atoms with Crippen LogP contribution in [0, 0.1) is 0 Å². The van der Waals surface area contributed by atoms with Crippen LogP contribution in [-0.2, 0) is 14.3 Å². The van der Waals surface area contributed by atoms with Crippen LogP contribution in [0.5, 0.6) is 11.5 Å². The molecule has 1 fully saturated rings. The number of benzene rings is 1. The molecule has 1 aliphatic rings. The molecule has 9 heteroatoms. The van der Waals surface area contributed by atoms with Crippen LogP contribution in [0.15, 0.2) is 17.0 Å². The molecule has 0 aliphatic carbocycles. The third-order valence-electron chi connectivity index (χ3n) is 3.33. The molecule has 0 radical (unpaired) electrons. The first-order chi connectivity index (χ1) is 11.3. The van der Waals surface area contributed by atoms with Crippen LogP contribution in [0.1, 0.15) is 12.5 Å². The van der Waals surface area contributed by atoms with Crippen LogP contribution in [-0.4, -0.2) is 47.4 Å². The smallest absolute Gasteiger partial charge is 0.328 e. The molecule has 7 nitrogen and oxygen atoms in total. The molecule has 128 valence electrons. The number of thioether (sulfide) groups is 1. The number of phenolic OH excluding ortho intramolecular Hbond substituents is 1. The van der Waals surface area contributed by atoms with Gasteiger partial charge in [-0.1, -0.05) is 11.6 Å².